The first-order valence-corrected chi connectivity index (χ1v) is 8.00. The number of ether oxygens (including phenoxy) is 1. The molecular weight excluding hydrogens is 318 g/mol. The minimum Gasteiger partial charge on any atom is -0.497 e. The lowest BCUT2D eigenvalue weighted by Gasteiger charge is -2.05. The van der Waals surface area contributed by atoms with E-state index in [1.165, 1.54) is 0 Å². The van der Waals surface area contributed by atoms with Crippen molar-refractivity contribution in [1.82, 2.24) is 25.3 Å². The Bertz CT molecular complexity index is 1060. The van der Waals surface area contributed by atoms with Crippen molar-refractivity contribution in [2.75, 3.05) is 13.7 Å². The van der Waals surface area contributed by atoms with Gasteiger partial charge in [-0.25, -0.2) is 4.68 Å². The average molecular weight is 335 g/mol. The third-order valence-corrected chi connectivity index (χ3v) is 4.13. The van der Waals surface area contributed by atoms with Gasteiger partial charge in [0.05, 0.1) is 30.0 Å². The molecule has 4 rings (SSSR count). The normalized spacial score (nSPS) is 11.1. The predicted octanol–water partition coefficient (Wildman–Crippen LogP) is 2.66. The highest BCUT2D eigenvalue weighted by Gasteiger charge is 2.20. The van der Waals surface area contributed by atoms with Crippen molar-refractivity contribution < 1.29 is 9.53 Å². The van der Waals surface area contributed by atoms with Crippen LogP contribution in [0, 0.1) is 0 Å². The van der Waals surface area contributed by atoms with Gasteiger partial charge < -0.3 is 10.1 Å². The van der Waals surface area contributed by atoms with Crippen molar-refractivity contribution in [1.29, 1.82) is 0 Å². The van der Waals surface area contributed by atoms with E-state index in [1.807, 2.05) is 43.3 Å². The second kappa shape index (κ2) is 5.94. The zero-order chi connectivity index (χ0) is 17.4. The standard InChI is InChI=1S/C18H17N5O2/c1-3-19-18(24)16-13-8-9-15-14(10-20-21-15)17(13)23(22-16)11-4-6-12(25-2)7-5-11/h4-10H,3H2,1-2H3,(H,19,24)(H,20,21). The maximum Gasteiger partial charge on any atom is 0.272 e. The fourth-order valence-corrected chi connectivity index (χ4v) is 2.95. The van der Waals surface area contributed by atoms with E-state index in [0.717, 1.165) is 33.2 Å². The first-order valence-electron chi connectivity index (χ1n) is 8.00. The van der Waals surface area contributed by atoms with Crippen LogP contribution < -0.4 is 10.1 Å². The number of amides is 1. The fraction of sp³-hybridized carbons (Fsp3) is 0.167. The summed E-state index contributed by atoms with van der Waals surface area (Å²) in [4.78, 5) is 12.4. The first kappa shape index (κ1) is 15.2. The maximum absolute atomic E-state index is 12.4. The van der Waals surface area contributed by atoms with E-state index < -0.39 is 0 Å². The molecule has 4 aromatic rings. The second-order valence-corrected chi connectivity index (χ2v) is 5.61. The molecule has 0 fully saturated rings. The Morgan fingerprint density at radius 1 is 1.20 bits per heavy atom. The van der Waals surface area contributed by atoms with Gasteiger partial charge >= 0.3 is 0 Å². The number of carbonyl (C=O) groups excluding carboxylic acids is 1. The summed E-state index contributed by atoms with van der Waals surface area (Å²) in [5, 5.41) is 16.2. The Morgan fingerprint density at radius 2 is 2.00 bits per heavy atom. The van der Waals surface area contributed by atoms with E-state index in [2.05, 4.69) is 20.6 Å². The summed E-state index contributed by atoms with van der Waals surface area (Å²) in [7, 11) is 1.63. The lowest BCUT2D eigenvalue weighted by atomic mass is 10.1. The molecule has 25 heavy (non-hydrogen) atoms. The van der Waals surface area contributed by atoms with Crippen LogP contribution in [0.5, 0.6) is 5.75 Å². The first-order chi connectivity index (χ1) is 12.2. The Labute approximate surface area is 143 Å². The molecule has 126 valence electrons. The van der Waals surface area contributed by atoms with Crippen molar-refractivity contribution >= 4 is 27.7 Å². The average Bonchev–Trinajstić information content (AvgIpc) is 3.26. The van der Waals surface area contributed by atoms with Crippen molar-refractivity contribution in [3.05, 3.63) is 48.3 Å². The SMILES string of the molecule is CCNC(=O)c1nn(-c2ccc(OC)cc2)c2c1ccc1[nH]ncc12. The van der Waals surface area contributed by atoms with Gasteiger partial charge in [-0.15, -0.1) is 0 Å². The molecule has 7 heteroatoms. The highest BCUT2D eigenvalue weighted by Crippen LogP contribution is 2.29. The molecule has 1 amide bonds. The molecule has 0 saturated carbocycles. The molecule has 2 aromatic heterocycles. The molecular formula is C18H17N5O2. The molecule has 0 saturated heterocycles. The number of benzene rings is 2. The number of carbonyl (C=O) groups is 1. The zero-order valence-electron chi connectivity index (χ0n) is 13.9. The van der Waals surface area contributed by atoms with Crippen molar-refractivity contribution in [3.63, 3.8) is 0 Å². The molecule has 2 N–H and O–H groups in total. The van der Waals surface area contributed by atoms with Gasteiger partial charge in [0.15, 0.2) is 5.69 Å². The van der Waals surface area contributed by atoms with E-state index in [4.69, 9.17) is 4.74 Å². The Balaban J connectivity index is 2.01. The third-order valence-electron chi connectivity index (χ3n) is 4.13. The summed E-state index contributed by atoms with van der Waals surface area (Å²) >= 11 is 0. The van der Waals surface area contributed by atoms with Crippen molar-refractivity contribution in [3.8, 4) is 11.4 Å². The summed E-state index contributed by atoms with van der Waals surface area (Å²) in [5.74, 6) is 0.570. The van der Waals surface area contributed by atoms with E-state index in [0.29, 0.717) is 12.2 Å². The summed E-state index contributed by atoms with van der Waals surface area (Å²) in [6.07, 6.45) is 1.75. The van der Waals surface area contributed by atoms with Crippen LogP contribution in [-0.2, 0) is 0 Å². The van der Waals surface area contributed by atoms with Crippen LogP contribution in [0.1, 0.15) is 17.4 Å². The molecule has 2 aromatic carbocycles. The second-order valence-electron chi connectivity index (χ2n) is 5.61. The quantitative estimate of drug-likeness (QED) is 0.600. The van der Waals surface area contributed by atoms with Crippen molar-refractivity contribution in [2.24, 2.45) is 0 Å². The van der Waals surface area contributed by atoms with Gasteiger partial charge in [0.2, 0.25) is 0 Å². The van der Waals surface area contributed by atoms with Crippen molar-refractivity contribution in [2.45, 2.75) is 6.92 Å². The lowest BCUT2D eigenvalue weighted by Crippen LogP contribution is -2.23. The minimum atomic E-state index is -0.192. The van der Waals surface area contributed by atoms with Crippen LogP contribution in [0.4, 0.5) is 0 Å². The minimum absolute atomic E-state index is 0.192. The Hall–Kier alpha value is -3.35. The summed E-state index contributed by atoms with van der Waals surface area (Å²) in [6, 6.07) is 11.4. The number of methoxy groups -OCH3 is 1. The Morgan fingerprint density at radius 3 is 2.72 bits per heavy atom. The van der Waals surface area contributed by atoms with E-state index in [9.17, 15) is 4.79 Å². The lowest BCUT2D eigenvalue weighted by molar-refractivity contribution is 0.0952. The number of fused-ring (bicyclic) bond motifs is 3. The third kappa shape index (κ3) is 2.40. The largest absolute Gasteiger partial charge is 0.497 e. The van der Waals surface area contributed by atoms with E-state index >= 15 is 0 Å². The zero-order valence-corrected chi connectivity index (χ0v) is 13.9. The van der Waals surface area contributed by atoms with Crippen LogP contribution in [0.15, 0.2) is 42.6 Å². The number of H-pyrrole nitrogens is 1. The van der Waals surface area contributed by atoms with Gasteiger partial charge in [0.25, 0.3) is 5.91 Å². The smallest absolute Gasteiger partial charge is 0.272 e. The molecule has 0 bridgehead atoms. The van der Waals surface area contributed by atoms with Crippen LogP contribution in [0.25, 0.3) is 27.5 Å². The molecule has 0 spiro atoms. The number of nitrogens with one attached hydrogen (secondary N) is 2. The number of hydrogen-bond acceptors (Lipinski definition) is 4. The fourth-order valence-electron chi connectivity index (χ4n) is 2.95. The van der Waals surface area contributed by atoms with Gasteiger partial charge in [-0.1, -0.05) is 0 Å². The van der Waals surface area contributed by atoms with Gasteiger partial charge in [-0.05, 0) is 43.3 Å². The molecule has 0 radical (unpaired) electrons. The topological polar surface area (TPSA) is 84.8 Å². The molecule has 0 aliphatic rings. The maximum atomic E-state index is 12.4. The van der Waals surface area contributed by atoms with E-state index in [-0.39, 0.29) is 5.91 Å². The van der Waals surface area contributed by atoms with Gasteiger partial charge in [-0.3, -0.25) is 9.89 Å². The highest BCUT2D eigenvalue weighted by molar-refractivity contribution is 6.13. The number of rotatable bonds is 4. The Kier molecular flexibility index (Phi) is 3.61. The molecule has 0 atom stereocenters. The summed E-state index contributed by atoms with van der Waals surface area (Å²) < 4.78 is 6.99. The molecule has 0 aliphatic heterocycles. The predicted molar refractivity (Wildman–Crippen MR) is 95.3 cm³/mol. The van der Waals surface area contributed by atoms with Crippen LogP contribution in [-0.4, -0.2) is 39.5 Å². The highest BCUT2D eigenvalue weighted by atomic mass is 16.5. The number of nitrogens with zero attached hydrogens (tertiary/aromatic N) is 3. The van der Waals surface area contributed by atoms with Gasteiger partial charge in [0, 0.05) is 17.3 Å². The monoisotopic (exact) mass is 335 g/mol. The molecule has 0 unspecified atom stereocenters. The van der Waals surface area contributed by atoms with E-state index in [1.54, 1.807) is 18.0 Å². The molecule has 0 aliphatic carbocycles. The van der Waals surface area contributed by atoms with Crippen LogP contribution in [0.3, 0.4) is 0 Å². The number of aromatic amines is 1. The van der Waals surface area contributed by atoms with Crippen LogP contribution in [0.2, 0.25) is 0 Å². The number of aromatic nitrogens is 4. The van der Waals surface area contributed by atoms with Crippen LogP contribution >= 0.6 is 0 Å². The van der Waals surface area contributed by atoms with Gasteiger partial charge in [-0.2, -0.15) is 10.2 Å². The summed E-state index contributed by atoms with van der Waals surface area (Å²) in [5.41, 5.74) is 2.98. The van der Waals surface area contributed by atoms with Gasteiger partial charge in [0.1, 0.15) is 5.75 Å². The molecule has 7 nitrogen and oxygen atoms in total. The molecule has 2 heterocycles. The summed E-state index contributed by atoms with van der Waals surface area (Å²) in [6.45, 7) is 2.43. The number of hydrogen-bond donors (Lipinski definition) is 2.